The Hall–Kier alpha value is -0.870. The van der Waals surface area contributed by atoms with Crippen LogP contribution < -0.4 is 5.73 Å². The Labute approximate surface area is 97.4 Å². The molecular formula is C12H22N4. The number of hydrogen-bond acceptors (Lipinski definition) is 3. The zero-order valence-corrected chi connectivity index (χ0v) is 10.3. The highest BCUT2D eigenvalue weighted by molar-refractivity contribution is 5.15. The summed E-state index contributed by atoms with van der Waals surface area (Å²) in [7, 11) is 2.00. The van der Waals surface area contributed by atoms with Crippen LogP contribution in [0, 0.1) is 12.8 Å². The average Bonchev–Trinajstić information content (AvgIpc) is 2.61. The lowest BCUT2D eigenvalue weighted by Crippen LogP contribution is -2.37. The lowest BCUT2D eigenvalue weighted by Gasteiger charge is -2.31. The fourth-order valence-corrected chi connectivity index (χ4v) is 2.43. The Morgan fingerprint density at radius 2 is 2.38 bits per heavy atom. The van der Waals surface area contributed by atoms with E-state index < -0.39 is 0 Å². The van der Waals surface area contributed by atoms with Gasteiger partial charge in [0.2, 0.25) is 0 Å². The van der Waals surface area contributed by atoms with Crippen molar-refractivity contribution in [2.24, 2.45) is 18.7 Å². The van der Waals surface area contributed by atoms with E-state index in [0.29, 0.717) is 5.92 Å². The van der Waals surface area contributed by atoms with E-state index in [1.54, 1.807) is 0 Å². The largest absolute Gasteiger partial charge is 0.330 e. The molecule has 16 heavy (non-hydrogen) atoms. The molecule has 1 fully saturated rings. The average molecular weight is 222 g/mol. The summed E-state index contributed by atoms with van der Waals surface area (Å²) < 4.78 is 1.94. The summed E-state index contributed by atoms with van der Waals surface area (Å²) in [6.45, 7) is 6.32. The topological polar surface area (TPSA) is 47.1 Å². The molecule has 1 aromatic heterocycles. The molecule has 1 aliphatic heterocycles. The number of hydrogen-bond donors (Lipinski definition) is 1. The van der Waals surface area contributed by atoms with Gasteiger partial charge >= 0.3 is 0 Å². The molecule has 0 saturated carbocycles. The molecule has 90 valence electrons. The van der Waals surface area contributed by atoms with Crippen molar-refractivity contribution in [1.29, 1.82) is 0 Å². The molecule has 0 spiro atoms. The van der Waals surface area contributed by atoms with Crippen molar-refractivity contribution < 1.29 is 0 Å². The van der Waals surface area contributed by atoms with Crippen molar-refractivity contribution >= 4 is 0 Å². The van der Waals surface area contributed by atoms with Gasteiger partial charge in [-0.1, -0.05) is 0 Å². The van der Waals surface area contributed by atoms with Crippen molar-refractivity contribution in [2.45, 2.75) is 26.3 Å². The number of rotatable bonds is 3. The van der Waals surface area contributed by atoms with Crippen LogP contribution in [0.15, 0.2) is 6.20 Å². The molecule has 0 radical (unpaired) electrons. The number of aryl methyl sites for hydroxylation is 1. The standard InChI is InChI=1S/C12H22N4/c1-10-12(7-14-15(10)2)9-16-5-3-4-11(6-13)8-16/h7,11H,3-6,8-9,13H2,1-2H3. The summed E-state index contributed by atoms with van der Waals surface area (Å²) in [5.74, 6) is 0.686. The Kier molecular flexibility index (Phi) is 3.61. The molecule has 0 amide bonds. The van der Waals surface area contributed by atoms with E-state index in [4.69, 9.17) is 5.73 Å². The maximum atomic E-state index is 5.75. The third-order valence-corrected chi connectivity index (χ3v) is 3.67. The molecule has 0 aromatic carbocycles. The van der Waals surface area contributed by atoms with E-state index >= 15 is 0 Å². The van der Waals surface area contributed by atoms with Gasteiger partial charge < -0.3 is 5.73 Å². The third kappa shape index (κ3) is 2.44. The van der Waals surface area contributed by atoms with Gasteiger partial charge in [0, 0.05) is 31.4 Å². The quantitative estimate of drug-likeness (QED) is 0.826. The Balaban J connectivity index is 1.96. The second-order valence-corrected chi connectivity index (χ2v) is 4.86. The van der Waals surface area contributed by atoms with Crippen LogP contribution in [-0.2, 0) is 13.6 Å². The Morgan fingerprint density at radius 1 is 1.56 bits per heavy atom. The predicted molar refractivity (Wildman–Crippen MR) is 65.0 cm³/mol. The van der Waals surface area contributed by atoms with Crippen LogP contribution in [0.1, 0.15) is 24.1 Å². The van der Waals surface area contributed by atoms with Crippen molar-refractivity contribution in [3.8, 4) is 0 Å². The molecule has 1 unspecified atom stereocenters. The van der Waals surface area contributed by atoms with Crippen molar-refractivity contribution in [2.75, 3.05) is 19.6 Å². The number of likely N-dealkylation sites (tertiary alicyclic amines) is 1. The zero-order valence-electron chi connectivity index (χ0n) is 10.3. The first-order valence-electron chi connectivity index (χ1n) is 6.10. The molecule has 1 saturated heterocycles. The van der Waals surface area contributed by atoms with Crippen molar-refractivity contribution in [1.82, 2.24) is 14.7 Å². The smallest absolute Gasteiger partial charge is 0.0537 e. The molecule has 4 heteroatoms. The molecule has 1 aliphatic rings. The summed E-state index contributed by atoms with van der Waals surface area (Å²) in [6.07, 6.45) is 4.56. The maximum absolute atomic E-state index is 5.75. The molecule has 2 N–H and O–H groups in total. The first-order valence-corrected chi connectivity index (χ1v) is 6.10. The van der Waals surface area contributed by atoms with Gasteiger partial charge in [-0.3, -0.25) is 9.58 Å². The highest BCUT2D eigenvalue weighted by Crippen LogP contribution is 2.18. The van der Waals surface area contributed by atoms with E-state index in [0.717, 1.165) is 19.6 Å². The minimum atomic E-state index is 0.686. The SMILES string of the molecule is Cc1c(CN2CCCC(CN)C2)cnn1C. The number of nitrogens with zero attached hydrogens (tertiary/aromatic N) is 3. The number of piperidine rings is 1. The van der Waals surface area contributed by atoms with Crippen molar-refractivity contribution in [3.05, 3.63) is 17.5 Å². The lowest BCUT2D eigenvalue weighted by molar-refractivity contribution is 0.170. The maximum Gasteiger partial charge on any atom is 0.0537 e. The third-order valence-electron chi connectivity index (χ3n) is 3.67. The van der Waals surface area contributed by atoms with Crippen LogP contribution in [0.2, 0.25) is 0 Å². The monoisotopic (exact) mass is 222 g/mol. The molecule has 4 nitrogen and oxygen atoms in total. The molecular weight excluding hydrogens is 200 g/mol. The van der Waals surface area contributed by atoms with Crippen LogP contribution >= 0.6 is 0 Å². The van der Waals surface area contributed by atoms with Gasteiger partial charge in [0.1, 0.15) is 0 Å². The fraction of sp³-hybridized carbons (Fsp3) is 0.750. The number of aromatic nitrogens is 2. The molecule has 2 heterocycles. The van der Waals surface area contributed by atoms with E-state index in [2.05, 4.69) is 16.9 Å². The van der Waals surface area contributed by atoms with Gasteiger partial charge in [-0.05, 0) is 38.8 Å². The summed E-state index contributed by atoms with van der Waals surface area (Å²) in [6, 6.07) is 0. The number of nitrogens with two attached hydrogens (primary N) is 1. The predicted octanol–water partition coefficient (Wildman–Crippen LogP) is 0.899. The van der Waals surface area contributed by atoms with E-state index in [1.165, 1.54) is 30.6 Å². The van der Waals surface area contributed by atoms with E-state index in [9.17, 15) is 0 Å². The van der Waals surface area contributed by atoms with Gasteiger partial charge in [-0.2, -0.15) is 5.10 Å². The lowest BCUT2D eigenvalue weighted by atomic mass is 9.98. The van der Waals surface area contributed by atoms with E-state index in [1.807, 2.05) is 17.9 Å². The highest BCUT2D eigenvalue weighted by Gasteiger charge is 2.19. The molecule has 1 aromatic rings. The van der Waals surface area contributed by atoms with Gasteiger partial charge in [-0.25, -0.2) is 0 Å². The first-order chi connectivity index (χ1) is 7.70. The van der Waals surface area contributed by atoms with Crippen LogP contribution in [0.5, 0.6) is 0 Å². The molecule has 1 atom stereocenters. The Morgan fingerprint density at radius 3 is 3.00 bits per heavy atom. The van der Waals surface area contributed by atoms with Crippen LogP contribution in [0.3, 0.4) is 0 Å². The van der Waals surface area contributed by atoms with Gasteiger partial charge in [-0.15, -0.1) is 0 Å². The van der Waals surface area contributed by atoms with E-state index in [-0.39, 0.29) is 0 Å². The highest BCUT2D eigenvalue weighted by atomic mass is 15.3. The Bertz CT molecular complexity index is 345. The molecule has 2 rings (SSSR count). The summed E-state index contributed by atoms with van der Waals surface area (Å²) in [5.41, 5.74) is 8.37. The van der Waals surface area contributed by atoms with Gasteiger partial charge in [0.15, 0.2) is 0 Å². The fourth-order valence-electron chi connectivity index (χ4n) is 2.43. The first kappa shape index (κ1) is 11.6. The van der Waals surface area contributed by atoms with Crippen molar-refractivity contribution in [3.63, 3.8) is 0 Å². The van der Waals surface area contributed by atoms with Crippen LogP contribution in [0.4, 0.5) is 0 Å². The second-order valence-electron chi connectivity index (χ2n) is 4.86. The molecule has 0 aliphatic carbocycles. The zero-order chi connectivity index (χ0) is 11.5. The minimum Gasteiger partial charge on any atom is -0.330 e. The van der Waals surface area contributed by atoms with Crippen LogP contribution in [0.25, 0.3) is 0 Å². The normalized spacial score (nSPS) is 22.6. The van der Waals surface area contributed by atoms with Crippen LogP contribution in [-0.4, -0.2) is 34.3 Å². The second kappa shape index (κ2) is 4.97. The van der Waals surface area contributed by atoms with Gasteiger partial charge in [0.05, 0.1) is 6.20 Å². The minimum absolute atomic E-state index is 0.686. The molecule has 0 bridgehead atoms. The van der Waals surface area contributed by atoms with Gasteiger partial charge in [0.25, 0.3) is 0 Å². The summed E-state index contributed by atoms with van der Waals surface area (Å²) >= 11 is 0. The summed E-state index contributed by atoms with van der Waals surface area (Å²) in [5, 5.41) is 4.29. The summed E-state index contributed by atoms with van der Waals surface area (Å²) in [4.78, 5) is 2.50.